The fraction of sp³-hybridized carbons (Fsp3) is 0.214. The molecular weight excluding hydrogens is 246 g/mol. The largest absolute Gasteiger partial charge is 0.496 e. The molecule has 0 aliphatic carbocycles. The van der Waals surface area contributed by atoms with Crippen molar-refractivity contribution in [2.45, 2.75) is 6.92 Å². The lowest BCUT2D eigenvalue weighted by Crippen LogP contribution is -2.07. The molecule has 0 radical (unpaired) electrons. The molecule has 0 spiro atoms. The summed E-state index contributed by atoms with van der Waals surface area (Å²) in [6.45, 7) is 1.45. The Hall–Kier alpha value is -2.43. The van der Waals surface area contributed by atoms with Crippen molar-refractivity contribution in [1.29, 1.82) is 0 Å². The number of methoxy groups -OCH3 is 2. The number of para-hydroxylation sites is 1. The zero-order valence-corrected chi connectivity index (χ0v) is 10.9. The molecule has 19 heavy (non-hydrogen) atoms. The molecule has 2 aromatic rings. The summed E-state index contributed by atoms with van der Waals surface area (Å²) < 4.78 is 9.88. The summed E-state index contributed by atoms with van der Waals surface area (Å²) in [7, 11) is 2.77. The van der Waals surface area contributed by atoms with E-state index in [2.05, 4.69) is 9.72 Å². The third-order valence-corrected chi connectivity index (χ3v) is 2.80. The van der Waals surface area contributed by atoms with Gasteiger partial charge in [-0.3, -0.25) is 4.79 Å². The second-order valence-corrected chi connectivity index (χ2v) is 3.96. The number of Topliss-reactive ketones (excluding diaryl/α,β-unsaturated/α-hetero) is 1. The highest BCUT2D eigenvalue weighted by molar-refractivity contribution is 6.07. The van der Waals surface area contributed by atoms with Gasteiger partial charge in [0.2, 0.25) is 0 Å². The van der Waals surface area contributed by atoms with Gasteiger partial charge in [0.05, 0.1) is 19.7 Å². The highest BCUT2D eigenvalue weighted by Gasteiger charge is 2.16. The van der Waals surface area contributed by atoms with Gasteiger partial charge in [-0.15, -0.1) is 0 Å². The number of hydrogen-bond acceptors (Lipinski definition) is 5. The van der Waals surface area contributed by atoms with Crippen LogP contribution in [0.15, 0.2) is 24.3 Å². The van der Waals surface area contributed by atoms with Gasteiger partial charge >= 0.3 is 5.97 Å². The zero-order chi connectivity index (χ0) is 14.0. The maximum Gasteiger partial charge on any atom is 0.356 e. The quantitative estimate of drug-likeness (QED) is 0.624. The molecule has 0 bridgehead atoms. The van der Waals surface area contributed by atoms with Crippen LogP contribution in [0.2, 0.25) is 0 Å². The van der Waals surface area contributed by atoms with Gasteiger partial charge in [-0.25, -0.2) is 9.78 Å². The number of rotatable bonds is 3. The lowest BCUT2D eigenvalue weighted by Gasteiger charge is -2.09. The van der Waals surface area contributed by atoms with Crippen LogP contribution < -0.4 is 4.74 Å². The minimum Gasteiger partial charge on any atom is -0.496 e. The van der Waals surface area contributed by atoms with Gasteiger partial charge < -0.3 is 9.47 Å². The SMILES string of the molecule is COC(=O)c1cc(OC)c2cccc(C(C)=O)c2n1. The van der Waals surface area contributed by atoms with Gasteiger partial charge in [-0.2, -0.15) is 0 Å². The Labute approximate surface area is 110 Å². The van der Waals surface area contributed by atoms with Crippen molar-refractivity contribution in [3.05, 3.63) is 35.5 Å². The van der Waals surface area contributed by atoms with Crippen molar-refractivity contribution in [2.24, 2.45) is 0 Å². The number of esters is 1. The van der Waals surface area contributed by atoms with E-state index in [0.29, 0.717) is 22.2 Å². The minimum atomic E-state index is -0.571. The second-order valence-electron chi connectivity index (χ2n) is 3.96. The fourth-order valence-electron chi connectivity index (χ4n) is 1.88. The smallest absolute Gasteiger partial charge is 0.356 e. The Kier molecular flexibility index (Phi) is 3.46. The van der Waals surface area contributed by atoms with E-state index in [1.165, 1.54) is 27.2 Å². The summed E-state index contributed by atoms with van der Waals surface area (Å²) in [6.07, 6.45) is 0. The first-order valence-corrected chi connectivity index (χ1v) is 5.65. The van der Waals surface area contributed by atoms with Crippen molar-refractivity contribution >= 4 is 22.7 Å². The summed E-state index contributed by atoms with van der Waals surface area (Å²) in [6, 6.07) is 6.70. The first-order chi connectivity index (χ1) is 9.08. The zero-order valence-electron chi connectivity index (χ0n) is 10.9. The second kappa shape index (κ2) is 5.06. The molecule has 0 N–H and O–H groups in total. The van der Waals surface area contributed by atoms with Crippen LogP contribution in [0, 0.1) is 0 Å². The third kappa shape index (κ3) is 2.27. The van der Waals surface area contributed by atoms with Crippen molar-refractivity contribution in [1.82, 2.24) is 4.98 Å². The van der Waals surface area contributed by atoms with Crippen LogP contribution in [-0.4, -0.2) is 31.0 Å². The number of pyridine rings is 1. The molecule has 0 atom stereocenters. The highest BCUT2D eigenvalue weighted by Crippen LogP contribution is 2.28. The molecule has 0 unspecified atom stereocenters. The Bertz CT molecular complexity index is 664. The Morgan fingerprint density at radius 2 is 1.95 bits per heavy atom. The predicted octanol–water partition coefficient (Wildman–Crippen LogP) is 2.23. The van der Waals surface area contributed by atoms with Crippen LogP contribution in [0.3, 0.4) is 0 Å². The van der Waals surface area contributed by atoms with E-state index in [4.69, 9.17) is 4.74 Å². The molecular formula is C14H13NO4. The van der Waals surface area contributed by atoms with Gasteiger partial charge in [0.1, 0.15) is 5.75 Å². The number of benzene rings is 1. The van der Waals surface area contributed by atoms with Crippen molar-refractivity contribution in [2.75, 3.05) is 14.2 Å². The average molecular weight is 259 g/mol. The Balaban J connectivity index is 2.82. The molecule has 0 fully saturated rings. The highest BCUT2D eigenvalue weighted by atomic mass is 16.5. The van der Waals surface area contributed by atoms with Gasteiger partial charge in [-0.05, 0) is 19.1 Å². The molecule has 1 aromatic heterocycles. The Morgan fingerprint density at radius 3 is 2.53 bits per heavy atom. The molecule has 98 valence electrons. The van der Waals surface area contributed by atoms with Gasteiger partial charge in [-0.1, -0.05) is 6.07 Å². The molecule has 0 saturated carbocycles. The first kappa shape index (κ1) is 13.0. The van der Waals surface area contributed by atoms with Gasteiger partial charge in [0, 0.05) is 17.0 Å². The summed E-state index contributed by atoms with van der Waals surface area (Å²) in [5.74, 6) is -0.214. The number of ether oxygens (including phenoxy) is 2. The molecule has 2 rings (SSSR count). The van der Waals surface area contributed by atoms with Crippen LogP contribution in [0.5, 0.6) is 5.75 Å². The maximum atomic E-state index is 11.6. The molecule has 1 heterocycles. The van der Waals surface area contributed by atoms with E-state index >= 15 is 0 Å². The van der Waals surface area contributed by atoms with Gasteiger partial charge in [0.25, 0.3) is 0 Å². The number of ketones is 1. The van der Waals surface area contributed by atoms with Crippen LogP contribution in [-0.2, 0) is 4.74 Å². The van der Waals surface area contributed by atoms with E-state index in [1.807, 2.05) is 0 Å². The lowest BCUT2D eigenvalue weighted by molar-refractivity contribution is 0.0594. The summed E-state index contributed by atoms with van der Waals surface area (Å²) in [4.78, 5) is 27.4. The third-order valence-electron chi connectivity index (χ3n) is 2.80. The molecule has 0 saturated heterocycles. The van der Waals surface area contributed by atoms with Crippen molar-refractivity contribution < 1.29 is 19.1 Å². The van der Waals surface area contributed by atoms with E-state index < -0.39 is 5.97 Å². The number of fused-ring (bicyclic) bond motifs is 1. The molecule has 5 heteroatoms. The van der Waals surface area contributed by atoms with E-state index in [0.717, 1.165) is 0 Å². The fourth-order valence-corrected chi connectivity index (χ4v) is 1.88. The standard InChI is InChI=1S/C14H13NO4/c1-8(16)9-5-4-6-10-12(18-2)7-11(14(17)19-3)15-13(9)10/h4-7H,1-3H3. The number of carbonyl (C=O) groups is 2. The molecule has 0 aliphatic heterocycles. The maximum absolute atomic E-state index is 11.6. The molecule has 1 aromatic carbocycles. The number of hydrogen-bond donors (Lipinski definition) is 0. The van der Waals surface area contributed by atoms with E-state index in [1.54, 1.807) is 18.2 Å². The number of aromatic nitrogens is 1. The monoisotopic (exact) mass is 259 g/mol. The Morgan fingerprint density at radius 1 is 1.21 bits per heavy atom. The first-order valence-electron chi connectivity index (χ1n) is 5.65. The molecule has 5 nitrogen and oxygen atoms in total. The van der Waals surface area contributed by atoms with Crippen molar-refractivity contribution in [3.63, 3.8) is 0 Å². The van der Waals surface area contributed by atoms with Crippen LogP contribution in [0.1, 0.15) is 27.8 Å². The predicted molar refractivity (Wildman–Crippen MR) is 69.6 cm³/mol. The topological polar surface area (TPSA) is 65.5 Å². The normalized spacial score (nSPS) is 10.3. The molecule has 0 amide bonds. The summed E-state index contributed by atoms with van der Waals surface area (Å²) in [5.41, 5.74) is 0.997. The van der Waals surface area contributed by atoms with Crippen LogP contribution in [0.4, 0.5) is 0 Å². The summed E-state index contributed by atoms with van der Waals surface area (Å²) in [5, 5.41) is 0.683. The van der Waals surface area contributed by atoms with Gasteiger partial charge in [0.15, 0.2) is 11.5 Å². The van der Waals surface area contributed by atoms with Crippen molar-refractivity contribution in [3.8, 4) is 5.75 Å². The number of nitrogens with zero attached hydrogens (tertiary/aromatic N) is 1. The number of carbonyl (C=O) groups excluding carboxylic acids is 2. The minimum absolute atomic E-state index is 0.112. The van der Waals surface area contributed by atoms with E-state index in [-0.39, 0.29) is 11.5 Å². The van der Waals surface area contributed by atoms with E-state index in [9.17, 15) is 9.59 Å². The average Bonchev–Trinajstić information content (AvgIpc) is 2.44. The molecule has 0 aliphatic rings. The van der Waals surface area contributed by atoms with Crippen LogP contribution in [0.25, 0.3) is 10.9 Å². The van der Waals surface area contributed by atoms with Crippen LogP contribution >= 0.6 is 0 Å². The lowest BCUT2D eigenvalue weighted by atomic mass is 10.1. The summed E-state index contributed by atoms with van der Waals surface area (Å²) >= 11 is 0.